The molecule has 1 aromatic rings. The lowest BCUT2D eigenvalue weighted by molar-refractivity contribution is 0.0748. The molecule has 100 valence electrons. The fourth-order valence-electron chi connectivity index (χ4n) is 2.18. The number of hydrogen-bond acceptors (Lipinski definition) is 4. The van der Waals surface area contributed by atoms with Gasteiger partial charge in [-0.15, -0.1) is 0 Å². The van der Waals surface area contributed by atoms with Gasteiger partial charge in [0.1, 0.15) is 0 Å². The molecule has 2 rings (SSSR count). The van der Waals surface area contributed by atoms with Crippen molar-refractivity contribution in [2.75, 3.05) is 26.3 Å². The van der Waals surface area contributed by atoms with Crippen LogP contribution in [0.2, 0.25) is 0 Å². The Bertz CT molecular complexity index is 405. The Morgan fingerprint density at radius 2 is 2.39 bits per heavy atom. The van der Waals surface area contributed by atoms with Gasteiger partial charge in [-0.05, 0) is 19.8 Å². The summed E-state index contributed by atoms with van der Waals surface area (Å²) in [4.78, 5) is 14.0. The van der Waals surface area contributed by atoms with E-state index in [9.17, 15) is 4.79 Å². The van der Waals surface area contributed by atoms with E-state index in [1.54, 1.807) is 6.92 Å². The van der Waals surface area contributed by atoms with Gasteiger partial charge >= 0.3 is 0 Å². The number of rotatable bonds is 5. The molecule has 6 heteroatoms. The number of aryl methyl sites for hydroxylation is 1. The van der Waals surface area contributed by atoms with Crippen molar-refractivity contribution in [1.29, 1.82) is 0 Å². The van der Waals surface area contributed by atoms with E-state index >= 15 is 0 Å². The molecule has 0 aliphatic carbocycles. The van der Waals surface area contributed by atoms with Crippen molar-refractivity contribution < 1.29 is 9.53 Å². The molecule has 1 aliphatic heterocycles. The van der Waals surface area contributed by atoms with E-state index in [-0.39, 0.29) is 5.91 Å². The normalized spacial score (nSPS) is 19.4. The van der Waals surface area contributed by atoms with Crippen molar-refractivity contribution in [2.24, 2.45) is 5.92 Å². The van der Waals surface area contributed by atoms with Crippen LogP contribution in [0.25, 0.3) is 0 Å². The third kappa shape index (κ3) is 2.87. The predicted molar refractivity (Wildman–Crippen MR) is 66.2 cm³/mol. The van der Waals surface area contributed by atoms with Gasteiger partial charge in [-0.2, -0.15) is 15.4 Å². The number of ether oxygens (including phenoxy) is 1. The average Bonchev–Trinajstić information content (AvgIpc) is 2.98. The number of hydrogen-bond donors (Lipinski definition) is 1. The molecule has 2 heterocycles. The molecule has 0 saturated carbocycles. The molecule has 1 amide bonds. The van der Waals surface area contributed by atoms with Gasteiger partial charge in [0.05, 0.1) is 12.3 Å². The minimum atomic E-state index is -0.0285. The number of nitrogens with one attached hydrogen (secondary N) is 1. The first-order chi connectivity index (χ1) is 8.72. The average molecular weight is 252 g/mol. The summed E-state index contributed by atoms with van der Waals surface area (Å²) in [5.41, 5.74) is 1.09. The van der Waals surface area contributed by atoms with Gasteiger partial charge in [0.25, 0.3) is 5.91 Å². The van der Waals surface area contributed by atoms with E-state index in [1.807, 2.05) is 4.90 Å². The van der Waals surface area contributed by atoms with Crippen LogP contribution in [0.4, 0.5) is 0 Å². The summed E-state index contributed by atoms with van der Waals surface area (Å²) in [6.45, 7) is 6.97. The molecular weight excluding hydrogens is 232 g/mol. The molecule has 0 bridgehead atoms. The van der Waals surface area contributed by atoms with Crippen LogP contribution >= 0.6 is 0 Å². The van der Waals surface area contributed by atoms with Crippen molar-refractivity contribution in [1.82, 2.24) is 20.3 Å². The third-order valence-corrected chi connectivity index (χ3v) is 3.20. The summed E-state index contributed by atoms with van der Waals surface area (Å²) in [5.74, 6) is 0.423. The van der Waals surface area contributed by atoms with Crippen molar-refractivity contribution in [3.8, 4) is 0 Å². The summed E-state index contributed by atoms with van der Waals surface area (Å²) < 4.78 is 5.54. The number of amides is 1. The lowest BCUT2D eigenvalue weighted by Gasteiger charge is -2.15. The molecule has 6 nitrogen and oxygen atoms in total. The minimum absolute atomic E-state index is 0.0285. The molecule has 1 atom stereocenters. The maximum atomic E-state index is 12.2. The third-order valence-electron chi connectivity index (χ3n) is 3.20. The van der Waals surface area contributed by atoms with Crippen molar-refractivity contribution >= 4 is 5.91 Å². The van der Waals surface area contributed by atoms with E-state index in [2.05, 4.69) is 22.3 Å². The second-order valence-corrected chi connectivity index (χ2v) is 4.74. The summed E-state index contributed by atoms with van der Waals surface area (Å²) in [6, 6.07) is 0. The van der Waals surface area contributed by atoms with Gasteiger partial charge < -0.3 is 9.64 Å². The zero-order valence-corrected chi connectivity index (χ0v) is 11.0. The van der Waals surface area contributed by atoms with Gasteiger partial charge in [0.2, 0.25) is 0 Å². The molecule has 0 radical (unpaired) electrons. The van der Waals surface area contributed by atoms with Crippen LogP contribution in [0.5, 0.6) is 0 Å². The molecule has 1 aliphatic rings. The standard InChI is InChI=1S/C12H20N4O2/c1-3-6-18-8-10-4-5-16(7-10)12(17)11-9(2)13-15-14-11/h10H,3-8H2,1-2H3,(H,13,14,15)/t10-/m1/s1. The number of likely N-dealkylation sites (tertiary alicyclic amines) is 1. The monoisotopic (exact) mass is 252 g/mol. The summed E-state index contributed by atoms with van der Waals surface area (Å²) in [6.07, 6.45) is 2.04. The first-order valence-electron chi connectivity index (χ1n) is 6.46. The molecule has 0 unspecified atom stereocenters. The van der Waals surface area contributed by atoms with Crippen LogP contribution in [0.1, 0.15) is 35.9 Å². The summed E-state index contributed by atoms with van der Waals surface area (Å²) >= 11 is 0. The Balaban J connectivity index is 1.85. The molecule has 0 aromatic carbocycles. The predicted octanol–water partition coefficient (Wildman–Crippen LogP) is 1.00. The second kappa shape index (κ2) is 5.95. The molecule has 1 N–H and O–H groups in total. The van der Waals surface area contributed by atoms with Gasteiger partial charge in [-0.25, -0.2) is 0 Å². The Kier molecular flexibility index (Phi) is 4.30. The molecule has 1 aromatic heterocycles. The highest BCUT2D eigenvalue weighted by Crippen LogP contribution is 2.19. The Morgan fingerprint density at radius 1 is 1.56 bits per heavy atom. The van der Waals surface area contributed by atoms with Crippen molar-refractivity contribution in [3.63, 3.8) is 0 Å². The largest absolute Gasteiger partial charge is 0.381 e. The van der Waals surface area contributed by atoms with Crippen molar-refractivity contribution in [3.05, 3.63) is 11.4 Å². The fraction of sp³-hybridized carbons (Fsp3) is 0.750. The summed E-state index contributed by atoms with van der Waals surface area (Å²) in [5, 5.41) is 10.3. The Morgan fingerprint density at radius 3 is 3.06 bits per heavy atom. The van der Waals surface area contributed by atoms with Crippen molar-refractivity contribution in [2.45, 2.75) is 26.7 Å². The SMILES string of the molecule is CCCOC[C@@H]1CCN(C(=O)c2n[nH]nc2C)C1. The maximum absolute atomic E-state index is 12.2. The lowest BCUT2D eigenvalue weighted by atomic mass is 10.1. The van der Waals surface area contributed by atoms with Gasteiger partial charge in [0.15, 0.2) is 5.69 Å². The van der Waals surface area contributed by atoms with Crippen LogP contribution in [0.15, 0.2) is 0 Å². The highest BCUT2D eigenvalue weighted by Gasteiger charge is 2.29. The zero-order chi connectivity index (χ0) is 13.0. The lowest BCUT2D eigenvalue weighted by Crippen LogP contribution is -2.30. The number of aromatic amines is 1. The van der Waals surface area contributed by atoms with E-state index in [1.165, 1.54) is 0 Å². The quantitative estimate of drug-likeness (QED) is 0.794. The van der Waals surface area contributed by atoms with Crippen LogP contribution in [-0.2, 0) is 4.74 Å². The molecule has 0 spiro atoms. The number of carbonyl (C=O) groups is 1. The van der Waals surface area contributed by atoms with Crippen LogP contribution in [-0.4, -0.2) is 52.5 Å². The Hall–Kier alpha value is -1.43. The van der Waals surface area contributed by atoms with Gasteiger partial charge in [0, 0.05) is 25.6 Å². The van der Waals surface area contributed by atoms with Crippen LogP contribution in [0, 0.1) is 12.8 Å². The first kappa shape index (κ1) is 13.0. The fourth-order valence-corrected chi connectivity index (χ4v) is 2.18. The van der Waals surface area contributed by atoms with E-state index in [0.717, 1.165) is 39.1 Å². The number of H-pyrrole nitrogens is 1. The second-order valence-electron chi connectivity index (χ2n) is 4.74. The highest BCUT2D eigenvalue weighted by atomic mass is 16.5. The zero-order valence-electron chi connectivity index (χ0n) is 11.0. The Labute approximate surface area is 107 Å². The molecule has 1 saturated heterocycles. The molecule has 1 fully saturated rings. The highest BCUT2D eigenvalue weighted by molar-refractivity contribution is 5.93. The van der Waals surface area contributed by atoms with E-state index in [0.29, 0.717) is 17.3 Å². The van der Waals surface area contributed by atoms with Gasteiger partial charge in [-0.1, -0.05) is 6.92 Å². The smallest absolute Gasteiger partial charge is 0.276 e. The molecular formula is C12H20N4O2. The molecule has 18 heavy (non-hydrogen) atoms. The van der Waals surface area contributed by atoms with Crippen LogP contribution in [0.3, 0.4) is 0 Å². The topological polar surface area (TPSA) is 71.1 Å². The summed E-state index contributed by atoms with van der Waals surface area (Å²) in [7, 11) is 0. The number of carbonyl (C=O) groups excluding carboxylic acids is 1. The van der Waals surface area contributed by atoms with Gasteiger partial charge in [-0.3, -0.25) is 4.79 Å². The van der Waals surface area contributed by atoms with E-state index < -0.39 is 0 Å². The maximum Gasteiger partial charge on any atom is 0.276 e. The van der Waals surface area contributed by atoms with Crippen LogP contribution < -0.4 is 0 Å². The first-order valence-corrected chi connectivity index (χ1v) is 6.46. The number of nitrogens with zero attached hydrogens (tertiary/aromatic N) is 3. The van der Waals surface area contributed by atoms with E-state index in [4.69, 9.17) is 4.74 Å². The number of aromatic nitrogens is 3. The minimum Gasteiger partial charge on any atom is -0.381 e.